The smallest absolute Gasteiger partial charge is 0.306 e. The van der Waals surface area contributed by atoms with Crippen molar-refractivity contribution in [3.8, 4) is 0 Å². The van der Waals surface area contributed by atoms with Crippen molar-refractivity contribution >= 4 is 18.2 Å². The van der Waals surface area contributed by atoms with Gasteiger partial charge < -0.3 is 23.9 Å². The highest BCUT2D eigenvalue weighted by Gasteiger charge is 2.14. The van der Waals surface area contributed by atoms with Crippen LogP contribution < -0.4 is 0 Å². The third-order valence-corrected chi connectivity index (χ3v) is 9.48. The molecule has 298 valence electrons. The van der Waals surface area contributed by atoms with Crippen LogP contribution in [0.5, 0.6) is 0 Å². The van der Waals surface area contributed by atoms with Gasteiger partial charge in [-0.1, -0.05) is 100.0 Å². The molecule has 0 spiro atoms. The van der Waals surface area contributed by atoms with Gasteiger partial charge in [0.25, 0.3) is 0 Å². The Kier molecular flexibility index (Phi) is 33.7. The van der Waals surface area contributed by atoms with Crippen LogP contribution in [-0.2, 0) is 28.6 Å². The van der Waals surface area contributed by atoms with Crippen molar-refractivity contribution in [1.29, 1.82) is 0 Å². The van der Waals surface area contributed by atoms with Gasteiger partial charge in [0.1, 0.15) is 25.1 Å². The van der Waals surface area contributed by atoms with E-state index >= 15 is 0 Å². The molecule has 0 aromatic rings. The van der Waals surface area contributed by atoms with Crippen LogP contribution in [0.25, 0.3) is 0 Å². The first-order valence-electron chi connectivity index (χ1n) is 21.2. The Morgan fingerprint density at radius 2 is 1.17 bits per heavy atom. The average molecular weight is 728 g/mol. The normalized spacial score (nSPS) is 25.1. The summed E-state index contributed by atoms with van der Waals surface area (Å²) < 4.78 is 16.9. The number of rotatable bonds is 6. The number of allylic oxidation sites excluding steroid dienone is 8. The number of nitrogens with zero attached hydrogens (tertiary/aromatic N) is 1. The first-order valence-corrected chi connectivity index (χ1v) is 21.2. The van der Waals surface area contributed by atoms with Crippen molar-refractivity contribution in [2.45, 2.75) is 186 Å². The summed E-state index contributed by atoms with van der Waals surface area (Å²) in [7, 11) is 4.09. The molecule has 0 aromatic carbocycles. The van der Waals surface area contributed by atoms with Gasteiger partial charge in [-0.3, -0.25) is 9.59 Å². The summed E-state index contributed by atoms with van der Waals surface area (Å²) in [6.07, 6.45) is 46.3. The molecule has 1 rings (SSSR count). The highest BCUT2D eigenvalue weighted by atomic mass is 16.6. The van der Waals surface area contributed by atoms with Gasteiger partial charge >= 0.3 is 11.9 Å². The number of esters is 2. The van der Waals surface area contributed by atoms with Crippen molar-refractivity contribution in [2.24, 2.45) is 0 Å². The summed E-state index contributed by atoms with van der Waals surface area (Å²) in [6.45, 7) is 1.37. The standard InChI is InChI=1S/C45H77NO6/c1-46(2)38-32-37-45(49)52-42-33-28-24-20-16-12-8-4-3-5-11-15-19-23-27-31-36-44(48)51-40-39-50-43(41-47)35-30-26-22-18-14-10-7-6-9-13-17-21-25-29-34-42/h3,5,7,10,15,18-19,22,41-43H,4,6,8-9,11-14,16-17,20-21,23-40H2,1-2H3/b5-3-,10-7-,19-15-,22-18-. The molecule has 0 saturated heterocycles. The van der Waals surface area contributed by atoms with Gasteiger partial charge in [-0.25, -0.2) is 0 Å². The Labute approximate surface area is 319 Å². The molecule has 0 aromatic heterocycles. The molecule has 2 atom stereocenters. The highest BCUT2D eigenvalue weighted by Crippen LogP contribution is 2.18. The summed E-state index contributed by atoms with van der Waals surface area (Å²) in [5, 5.41) is 0. The molecule has 0 aliphatic carbocycles. The minimum atomic E-state index is -0.446. The maximum absolute atomic E-state index is 12.6. The first-order chi connectivity index (χ1) is 25.5. The van der Waals surface area contributed by atoms with E-state index in [0.29, 0.717) is 19.3 Å². The van der Waals surface area contributed by atoms with Crippen LogP contribution in [0, 0.1) is 0 Å². The molecule has 1 aliphatic heterocycles. The minimum Gasteiger partial charge on any atom is -0.463 e. The first kappa shape index (κ1) is 47.5. The summed E-state index contributed by atoms with van der Waals surface area (Å²) in [5.41, 5.74) is 0. The van der Waals surface area contributed by atoms with Crippen LogP contribution in [0.3, 0.4) is 0 Å². The Morgan fingerprint density at radius 3 is 1.71 bits per heavy atom. The molecule has 0 N–H and O–H groups in total. The lowest BCUT2D eigenvalue weighted by molar-refractivity contribution is -0.150. The van der Waals surface area contributed by atoms with Gasteiger partial charge in [0.2, 0.25) is 0 Å². The molecule has 7 heteroatoms. The number of cyclic esters (lactones) is 1. The third-order valence-electron chi connectivity index (χ3n) is 9.48. The lowest BCUT2D eigenvalue weighted by atomic mass is 10.0. The fraction of sp³-hybridized carbons (Fsp3) is 0.756. The van der Waals surface area contributed by atoms with Crippen molar-refractivity contribution in [3.05, 3.63) is 48.6 Å². The van der Waals surface area contributed by atoms with Gasteiger partial charge in [-0.05, 0) is 130 Å². The highest BCUT2D eigenvalue weighted by molar-refractivity contribution is 5.69. The zero-order chi connectivity index (χ0) is 37.6. The van der Waals surface area contributed by atoms with E-state index in [1.54, 1.807) is 0 Å². The van der Waals surface area contributed by atoms with Gasteiger partial charge in [0.05, 0.1) is 6.61 Å². The summed E-state index contributed by atoms with van der Waals surface area (Å²) in [6, 6.07) is 0. The topological polar surface area (TPSA) is 82.1 Å². The molecule has 0 fully saturated rings. The molecular weight excluding hydrogens is 650 g/mol. The van der Waals surface area contributed by atoms with Crippen LogP contribution in [0.1, 0.15) is 173 Å². The predicted octanol–water partition coefficient (Wildman–Crippen LogP) is 11.4. The van der Waals surface area contributed by atoms with Gasteiger partial charge in [0.15, 0.2) is 0 Å². The number of hydrogen-bond acceptors (Lipinski definition) is 7. The van der Waals surface area contributed by atoms with E-state index < -0.39 is 6.10 Å². The maximum atomic E-state index is 12.6. The van der Waals surface area contributed by atoms with E-state index in [2.05, 4.69) is 53.5 Å². The monoisotopic (exact) mass is 728 g/mol. The molecule has 0 radical (unpaired) electrons. The molecule has 52 heavy (non-hydrogen) atoms. The van der Waals surface area contributed by atoms with Crippen LogP contribution in [0.15, 0.2) is 48.6 Å². The van der Waals surface area contributed by atoms with Gasteiger partial charge in [0, 0.05) is 12.8 Å². The van der Waals surface area contributed by atoms with Gasteiger partial charge in [-0.2, -0.15) is 0 Å². The van der Waals surface area contributed by atoms with Crippen molar-refractivity contribution in [3.63, 3.8) is 0 Å². The molecule has 1 heterocycles. The molecule has 0 saturated carbocycles. The van der Waals surface area contributed by atoms with E-state index in [4.69, 9.17) is 14.2 Å². The summed E-state index contributed by atoms with van der Waals surface area (Å²) in [5.74, 6) is -0.220. The Hall–Kier alpha value is -2.51. The fourth-order valence-corrected chi connectivity index (χ4v) is 6.33. The van der Waals surface area contributed by atoms with E-state index in [9.17, 15) is 14.4 Å². The number of hydrogen-bond donors (Lipinski definition) is 0. The molecule has 0 bridgehead atoms. The lowest BCUT2D eigenvalue weighted by Crippen LogP contribution is -2.20. The minimum absolute atomic E-state index is 0.0217. The van der Waals surface area contributed by atoms with Crippen LogP contribution in [-0.4, -0.2) is 69.2 Å². The lowest BCUT2D eigenvalue weighted by Gasteiger charge is -2.18. The summed E-state index contributed by atoms with van der Waals surface area (Å²) >= 11 is 0. The molecular formula is C45H77NO6. The van der Waals surface area contributed by atoms with Crippen LogP contribution >= 0.6 is 0 Å². The summed E-state index contributed by atoms with van der Waals surface area (Å²) in [4.78, 5) is 38.1. The van der Waals surface area contributed by atoms with E-state index in [1.807, 2.05) is 14.1 Å². The van der Waals surface area contributed by atoms with Crippen molar-refractivity contribution in [1.82, 2.24) is 4.90 Å². The second kappa shape index (κ2) is 36.8. The Bertz CT molecular complexity index is 971. The second-order valence-corrected chi connectivity index (χ2v) is 14.7. The number of carbonyl (C=O) groups is 3. The molecule has 7 nitrogen and oxygen atoms in total. The quantitative estimate of drug-likeness (QED) is 0.153. The fourth-order valence-electron chi connectivity index (χ4n) is 6.33. The SMILES string of the molecule is CN(C)CCCC(=O)OC1CCCCCCCC/C=C\C/C=C\CCCCC(=O)OCCOC(C=O)CCC/C=C\C/C=C\CCCCCCCC1. The third kappa shape index (κ3) is 33.3. The maximum Gasteiger partial charge on any atom is 0.306 e. The predicted molar refractivity (Wildman–Crippen MR) is 216 cm³/mol. The van der Waals surface area contributed by atoms with E-state index in [1.165, 1.54) is 64.2 Å². The van der Waals surface area contributed by atoms with Crippen molar-refractivity contribution < 1.29 is 28.6 Å². The Morgan fingerprint density at radius 1 is 0.673 bits per heavy atom. The van der Waals surface area contributed by atoms with E-state index in [0.717, 1.165) is 103 Å². The van der Waals surface area contributed by atoms with Crippen molar-refractivity contribution in [2.75, 3.05) is 33.9 Å². The second-order valence-electron chi connectivity index (χ2n) is 14.7. The van der Waals surface area contributed by atoms with Crippen LogP contribution in [0.4, 0.5) is 0 Å². The zero-order valence-electron chi connectivity index (χ0n) is 33.5. The molecule has 0 amide bonds. The average Bonchev–Trinajstić information content (AvgIpc) is 3.12. The Balaban J connectivity index is 2.47. The van der Waals surface area contributed by atoms with Crippen LogP contribution in [0.2, 0.25) is 0 Å². The number of carbonyl (C=O) groups excluding carboxylic acids is 3. The largest absolute Gasteiger partial charge is 0.463 e. The number of aldehydes is 1. The number of ether oxygens (including phenoxy) is 3. The molecule has 1 aliphatic rings. The van der Waals surface area contributed by atoms with Gasteiger partial charge in [-0.15, -0.1) is 0 Å². The molecule has 2 unspecified atom stereocenters. The van der Waals surface area contributed by atoms with E-state index in [-0.39, 0.29) is 31.3 Å². The zero-order valence-corrected chi connectivity index (χ0v) is 33.5.